The van der Waals surface area contributed by atoms with Crippen molar-refractivity contribution in [3.05, 3.63) is 48.0 Å². The summed E-state index contributed by atoms with van der Waals surface area (Å²) >= 11 is 0. The Morgan fingerprint density at radius 2 is 1.60 bits per heavy atom. The number of hydrogen-bond acceptors (Lipinski definition) is 5. The number of rotatable bonds is 7. The van der Waals surface area contributed by atoms with Crippen LogP contribution in [0.3, 0.4) is 0 Å². The summed E-state index contributed by atoms with van der Waals surface area (Å²) in [4.78, 5) is 12.6. The average molecular weight is 446 g/mol. The van der Waals surface area contributed by atoms with Gasteiger partial charge in [-0.1, -0.05) is 0 Å². The standard InChI is InChI=1S/C19H21F3N2O5S/c1-12(18(25)23-14-7-5-13(6-8-14)19(20,21)22)24(30(4,26)27)15-9-10-16(28-2)17(11-15)29-3/h5-12H,1-4H3,(H,23,25)/t12-/m0/s1. The van der Waals surface area contributed by atoms with E-state index in [9.17, 15) is 26.4 Å². The summed E-state index contributed by atoms with van der Waals surface area (Å²) in [5.74, 6) is -0.0921. The molecule has 2 rings (SSSR count). The van der Waals surface area contributed by atoms with Gasteiger partial charge in [0.05, 0.1) is 31.7 Å². The molecule has 164 valence electrons. The van der Waals surface area contributed by atoms with Gasteiger partial charge in [0.25, 0.3) is 0 Å². The molecule has 30 heavy (non-hydrogen) atoms. The zero-order valence-corrected chi connectivity index (χ0v) is 17.5. The van der Waals surface area contributed by atoms with Gasteiger partial charge < -0.3 is 14.8 Å². The average Bonchev–Trinajstić information content (AvgIpc) is 2.66. The SMILES string of the molecule is COc1ccc(N([C@@H](C)C(=O)Nc2ccc(C(F)(F)F)cc2)S(C)(=O)=O)cc1OC. The molecule has 11 heteroatoms. The number of amides is 1. The van der Waals surface area contributed by atoms with Crippen LogP contribution in [-0.4, -0.2) is 40.8 Å². The van der Waals surface area contributed by atoms with Gasteiger partial charge in [0.2, 0.25) is 15.9 Å². The van der Waals surface area contributed by atoms with Crippen LogP contribution >= 0.6 is 0 Å². The van der Waals surface area contributed by atoms with E-state index < -0.39 is 33.7 Å². The molecule has 1 amide bonds. The van der Waals surface area contributed by atoms with Crippen LogP contribution < -0.4 is 19.1 Å². The van der Waals surface area contributed by atoms with Crippen LogP contribution in [0.25, 0.3) is 0 Å². The summed E-state index contributed by atoms with van der Waals surface area (Å²) in [5, 5.41) is 2.43. The van der Waals surface area contributed by atoms with Crippen LogP contribution in [0.15, 0.2) is 42.5 Å². The number of ether oxygens (including phenoxy) is 2. The van der Waals surface area contributed by atoms with Crippen molar-refractivity contribution in [2.24, 2.45) is 0 Å². The van der Waals surface area contributed by atoms with E-state index in [1.807, 2.05) is 0 Å². The molecular formula is C19H21F3N2O5S. The van der Waals surface area contributed by atoms with E-state index in [0.29, 0.717) is 5.75 Å². The molecule has 0 aromatic heterocycles. The fourth-order valence-electron chi connectivity index (χ4n) is 2.76. The normalized spacial score (nSPS) is 12.8. The van der Waals surface area contributed by atoms with Gasteiger partial charge in [0.1, 0.15) is 6.04 Å². The minimum atomic E-state index is -4.50. The number of halogens is 3. The van der Waals surface area contributed by atoms with Gasteiger partial charge >= 0.3 is 6.18 Å². The quantitative estimate of drug-likeness (QED) is 0.704. The lowest BCUT2D eigenvalue weighted by Crippen LogP contribution is -2.45. The van der Waals surface area contributed by atoms with Crippen molar-refractivity contribution >= 4 is 27.3 Å². The van der Waals surface area contributed by atoms with Crippen molar-refractivity contribution in [3.63, 3.8) is 0 Å². The molecule has 0 saturated carbocycles. The van der Waals surface area contributed by atoms with Crippen LogP contribution in [0.5, 0.6) is 11.5 Å². The van der Waals surface area contributed by atoms with Crippen LogP contribution in [0.1, 0.15) is 12.5 Å². The maximum absolute atomic E-state index is 12.7. The van der Waals surface area contributed by atoms with E-state index in [1.165, 1.54) is 39.3 Å². The summed E-state index contributed by atoms with van der Waals surface area (Å²) in [6, 6.07) is 6.97. The Labute approximate surface area is 172 Å². The first-order chi connectivity index (χ1) is 13.9. The largest absolute Gasteiger partial charge is 0.493 e. The van der Waals surface area contributed by atoms with Crippen LogP contribution in [-0.2, 0) is 21.0 Å². The molecule has 0 spiro atoms. The smallest absolute Gasteiger partial charge is 0.416 e. The summed E-state index contributed by atoms with van der Waals surface area (Å²) < 4.78 is 74.0. The predicted molar refractivity (Wildman–Crippen MR) is 106 cm³/mol. The predicted octanol–water partition coefficient (Wildman–Crippen LogP) is 3.52. The van der Waals surface area contributed by atoms with E-state index >= 15 is 0 Å². The molecule has 7 nitrogen and oxygen atoms in total. The molecule has 0 aliphatic rings. The highest BCUT2D eigenvalue weighted by atomic mass is 32.2. The molecule has 2 aromatic carbocycles. The fourth-order valence-corrected chi connectivity index (χ4v) is 3.93. The monoisotopic (exact) mass is 446 g/mol. The lowest BCUT2D eigenvalue weighted by molar-refractivity contribution is -0.137. The van der Waals surface area contributed by atoms with Crippen molar-refractivity contribution in [1.82, 2.24) is 0 Å². The van der Waals surface area contributed by atoms with Crippen molar-refractivity contribution in [3.8, 4) is 11.5 Å². The number of carbonyl (C=O) groups is 1. The third kappa shape index (κ3) is 5.35. The number of nitrogens with zero attached hydrogens (tertiary/aromatic N) is 1. The Morgan fingerprint density at radius 1 is 1.03 bits per heavy atom. The van der Waals surface area contributed by atoms with E-state index in [2.05, 4.69) is 5.32 Å². The van der Waals surface area contributed by atoms with E-state index in [-0.39, 0.29) is 17.1 Å². The molecule has 0 bridgehead atoms. The van der Waals surface area contributed by atoms with Gasteiger partial charge in [-0.15, -0.1) is 0 Å². The zero-order valence-electron chi connectivity index (χ0n) is 16.6. The first-order valence-corrected chi connectivity index (χ1v) is 10.4. The van der Waals surface area contributed by atoms with Crippen LogP contribution in [0, 0.1) is 0 Å². The highest BCUT2D eigenvalue weighted by molar-refractivity contribution is 7.92. The number of hydrogen-bond donors (Lipinski definition) is 1. The molecule has 0 radical (unpaired) electrons. The number of methoxy groups -OCH3 is 2. The summed E-state index contributed by atoms with van der Waals surface area (Å²) in [7, 11) is -1.09. The Balaban J connectivity index is 2.31. The topological polar surface area (TPSA) is 84.9 Å². The second kappa shape index (κ2) is 8.82. The molecule has 0 aliphatic carbocycles. The zero-order chi connectivity index (χ0) is 22.7. The van der Waals surface area contributed by atoms with Gasteiger partial charge in [-0.25, -0.2) is 8.42 Å². The Bertz CT molecular complexity index is 1010. The first-order valence-electron chi connectivity index (χ1n) is 8.58. The number of carbonyl (C=O) groups excluding carboxylic acids is 1. The molecular weight excluding hydrogens is 425 g/mol. The van der Waals surface area contributed by atoms with Gasteiger partial charge in [-0.3, -0.25) is 9.10 Å². The molecule has 0 aliphatic heterocycles. The lowest BCUT2D eigenvalue weighted by Gasteiger charge is -2.28. The number of benzene rings is 2. The maximum atomic E-state index is 12.7. The number of alkyl halides is 3. The summed E-state index contributed by atoms with van der Waals surface area (Å²) in [6.45, 7) is 1.36. The first kappa shape index (κ1) is 23.3. The molecule has 0 fully saturated rings. The second-order valence-electron chi connectivity index (χ2n) is 6.34. The van der Waals surface area contributed by atoms with E-state index in [1.54, 1.807) is 0 Å². The third-order valence-electron chi connectivity index (χ3n) is 4.19. The highest BCUT2D eigenvalue weighted by Gasteiger charge is 2.31. The summed E-state index contributed by atoms with van der Waals surface area (Å²) in [6.07, 6.45) is -3.57. The Morgan fingerprint density at radius 3 is 2.07 bits per heavy atom. The molecule has 0 saturated heterocycles. The van der Waals surface area contributed by atoms with E-state index in [0.717, 1.165) is 34.8 Å². The van der Waals surface area contributed by atoms with Gasteiger partial charge in [-0.05, 0) is 43.3 Å². The molecule has 0 unspecified atom stereocenters. The van der Waals surface area contributed by atoms with Crippen molar-refractivity contribution in [2.75, 3.05) is 30.1 Å². The minimum absolute atomic E-state index is 0.0978. The molecule has 2 aromatic rings. The van der Waals surface area contributed by atoms with Crippen molar-refractivity contribution < 1.29 is 35.9 Å². The Hall–Kier alpha value is -2.95. The fraction of sp³-hybridized carbons (Fsp3) is 0.316. The third-order valence-corrected chi connectivity index (χ3v) is 5.43. The number of anilines is 2. The summed E-state index contributed by atoms with van der Waals surface area (Å²) in [5.41, 5.74) is -0.609. The number of sulfonamides is 1. The van der Waals surface area contributed by atoms with Gasteiger partial charge in [0.15, 0.2) is 11.5 Å². The Kier molecular flexibility index (Phi) is 6.86. The maximum Gasteiger partial charge on any atom is 0.416 e. The van der Waals surface area contributed by atoms with Gasteiger partial charge in [-0.2, -0.15) is 13.2 Å². The van der Waals surface area contributed by atoms with Gasteiger partial charge in [0, 0.05) is 11.8 Å². The highest BCUT2D eigenvalue weighted by Crippen LogP contribution is 2.34. The lowest BCUT2D eigenvalue weighted by atomic mass is 10.2. The minimum Gasteiger partial charge on any atom is -0.493 e. The number of nitrogens with one attached hydrogen (secondary N) is 1. The van der Waals surface area contributed by atoms with Crippen LogP contribution in [0.4, 0.5) is 24.5 Å². The van der Waals surface area contributed by atoms with E-state index in [4.69, 9.17) is 9.47 Å². The van der Waals surface area contributed by atoms with Crippen molar-refractivity contribution in [2.45, 2.75) is 19.1 Å². The molecule has 1 atom stereocenters. The molecule has 1 N–H and O–H groups in total. The second-order valence-corrected chi connectivity index (χ2v) is 8.20. The van der Waals surface area contributed by atoms with Crippen LogP contribution in [0.2, 0.25) is 0 Å². The van der Waals surface area contributed by atoms with Crippen molar-refractivity contribution in [1.29, 1.82) is 0 Å². The molecule has 0 heterocycles.